The first-order valence-corrected chi connectivity index (χ1v) is 6.97. The smallest absolute Gasteiger partial charge is 0.135 e. The molecule has 0 spiro atoms. The Kier molecular flexibility index (Phi) is 3.66. The summed E-state index contributed by atoms with van der Waals surface area (Å²) < 4.78 is 5.82. The summed E-state index contributed by atoms with van der Waals surface area (Å²) in [4.78, 5) is 0. The third-order valence-corrected chi connectivity index (χ3v) is 3.24. The molecule has 1 heterocycles. The predicted octanol–water partition coefficient (Wildman–Crippen LogP) is 5.91. The third-order valence-electron chi connectivity index (χ3n) is 3.24. The van der Waals surface area contributed by atoms with Crippen molar-refractivity contribution >= 4 is 21.9 Å². The number of fused-ring (bicyclic) bond motifs is 3. The van der Waals surface area contributed by atoms with Crippen LogP contribution in [0.3, 0.4) is 0 Å². The Morgan fingerprint density at radius 1 is 0.789 bits per heavy atom. The molecule has 19 heavy (non-hydrogen) atoms. The lowest BCUT2D eigenvalue weighted by Gasteiger charge is -2.18. The summed E-state index contributed by atoms with van der Waals surface area (Å²) in [5, 5.41) is 2.42. The highest BCUT2D eigenvalue weighted by atomic mass is 16.3. The molecule has 0 saturated heterocycles. The van der Waals surface area contributed by atoms with Crippen molar-refractivity contribution in [3.8, 4) is 0 Å². The highest BCUT2D eigenvalue weighted by molar-refractivity contribution is 6.05. The molecule has 1 nitrogen and oxygen atoms in total. The molecule has 3 aromatic rings. The lowest BCUT2D eigenvalue weighted by Crippen LogP contribution is -2.10. The van der Waals surface area contributed by atoms with E-state index in [2.05, 4.69) is 51.1 Å². The first kappa shape index (κ1) is 13.7. The quantitative estimate of drug-likeness (QED) is 0.486. The van der Waals surface area contributed by atoms with Crippen LogP contribution in [0.25, 0.3) is 21.9 Å². The summed E-state index contributed by atoms with van der Waals surface area (Å²) in [6.45, 7) is 10.7. The van der Waals surface area contributed by atoms with Gasteiger partial charge in [0, 0.05) is 10.8 Å². The van der Waals surface area contributed by atoms with Crippen molar-refractivity contribution in [3.63, 3.8) is 0 Å². The first-order valence-electron chi connectivity index (χ1n) is 6.97. The number of hydrogen-bond acceptors (Lipinski definition) is 1. The van der Waals surface area contributed by atoms with Gasteiger partial charge in [0.1, 0.15) is 11.2 Å². The Hall–Kier alpha value is -1.76. The molecule has 3 rings (SSSR count). The van der Waals surface area contributed by atoms with Crippen LogP contribution >= 0.6 is 0 Å². The normalized spacial score (nSPS) is 11.4. The van der Waals surface area contributed by atoms with E-state index in [1.807, 2.05) is 26.0 Å². The van der Waals surface area contributed by atoms with Crippen LogP contribution < -0.4 is 0 Å². The van der Waals surface area contributed by atoms with Gasteiger partial charge < -0.3 is 4.42 Å². The second-order valence-corrected chi connectivity index (χ2v) is 5.56. The van der Waals surface area contributed by atoms with Crippen molar-refractivity contribution in [2.75, 3.05) is 0 Å². The lowest BCUT2D eigenvalue weighted by molar-refractivity contribution is 0.590. The fraction of sp³-hybridized carbons (Fsp3) is 0.333. The van der Waals surface area contributed by atoms with E-state index < -0.39 is 0 Å². The SMILES string of the molecule is CC.CC(C)(C)c1ccc2oc3ccccc3c2c1. The van der Waals surface area contributed by atoms with Crippen LogP contribution in [-0.2, 0) is 5.41 Å². The van der Waals surface area contributed by atoms with E-state index in [9.17, 15) is 0 Å². The Balaban J connectivity index is 0.000000637. The Bertz CT molecular complexity index is 684. The molecule has 1 aromatic heterocycles. The molecule has 0 amide bonds. The van der Waals surface area contributed by atoms with Gasteiger partial charge in [-0.3, -0.25) is 0 Å². The first-order chi connectivity index (χ1) is 9.05. The molecule has 0 N–H and O–H groups in total. The predicted molar refractivity (Wildman–Crippen MR) is 83.8 cm³/mol. The molecule has 1 heteroatoms. The number of hydrogen-bond donors (Lipinski definition) is 0. The summed E-state index contributed by atoms with van der Waals surface area (Å²) in [6, 6.07) is 14.7. The largest absolute Gasteiger partial charge is 0.456 e. The number of furan rings is 1. The van der Waals surface area contributed by atoms with E-state index in [1.54, 1.807) is 0 Å². The summed E-state index contributed by atoms with van der Waals surface area (Å²) >= 11 is 0. The number of rotatable bonds is 0. The van der Waals surface area contributed by atoms with Crippen LogP contribution in [0.5, 0.6) is 0 Å². The van der Waals surface area contributed by atoms with Gasteiger partial charge in [0.2, 0.25) is 0 Å². The molecular formula is C18H22O. The van der Waals surface area contributed by atoms with Crippen LogP contribution in [0.4, 0.5) is 0 Å². The third kappa shape index (κ3) is 2.51. The minimum atomic E-state index is 0.173. The molecule has 0 bridgehead atoms. The molecular weight excluding hydrogens is 232 g/mol. The molecule has 0 aliphatic heterocycles. The van der Waals surface area contributed by atoms with Gasteiger partial charge in [-0.05, 0) is 29.2 Å². The summed E-state index contributed by atoms with van der Waals surface area (Å²) in [7, 11) is 0. The van der Waals surface area contributed by atoms with Gasteiger partial charge in [-0.25, -0.2) is 0 Å². The maximum Gasteiger partial charge on any atom is 0.135 e. The topological polar surface area (TPSA) is 13.1 Å². The minimum Gasteiger partial charge on any atom is -0.456 e. The second-order valence-electron chi connectivity index (χ2n) is 5.56. The molecule has 0 aliphatic rings. The van der Waals surface area contributed by atoms with Gasteiger partial charge >= 0.3 is 0 Å². The number of para-hydroxylation sites is 1. The van der Waals surface area contributed by atoms with Gasteiger partial charge in [-0.1, -0.05) is 58.9 Å². The van der Waals surface area contributed by atoms with Gasteiger partial charge in [0.15, 0.2) is 0 Å². The van der Waals surface area contributed by atoms with E-state index in [0.29, 0.717) is 0 Å². The van der Waals surface area contributed by atoms with Crippen LogP contribution in [-0.4, -0.2) is 0 Å². The van der Waals surface area contributed by atoms with Crippen molar-refractivity contribution in [3.05, 3.63) is 48.0 Å². The zero-order chi connectivity index (χ0) is 14.0. The second kappa shape index (κ2) is 5.08. The summed E-state index contributed by atoms with van der Waals surface area (Å²) in [6.07, 6.45) is 0. The highest BCUT2D eigenvalue weighted by Crippen LogP contribution is 2.32. The minimum absolute atomic E-state index is 0.173. The lowest BCUT2D eigenvalue weighted by atomic mass is 9.86. The van der Waals surface area contributed by atoms with Crippen LogP contribution in [0.1, 0.15) is 40.2 Å². The number of benzene rings is 2. The van der Waals surface area contributed by atoms with Crippen molar-refractivity contribution < 1.29 is 4.42 Å². The fourth-order valence-electron chi connectivity index (χ4n) is 2.19. The zero-order valence-electron chi connectivity index (χ0n) is 12.4. The molecule has 0 atom stereocenters. The van der Waals surface area contributed by atoms with Gasteiger partial charge in [-0.2, -0.15) is 0 Å². The molecule has 2 aromatic carbocycles. The van der Waals surface area contributed by atoms with Crippen molar-refractivity contribution in [2.24, 2.45) is 0 Å². The van der Waals surface area contributed by atoms with Crippen LogP contribution in [0.15, 0.2) is 46.9 Å². The molecule has 0 aliphatic carbocycles. The maximum atomic E-state index is 5.82. The monoisotopic (exact) mass is 254 g/mol. The van der Waals surface area contributed by atoms with Crippen molar-refractivity contribution in [1.82, 2.24) is 0 Å². The van der Waals surface area contributed by atoms with Crippen LogP contribution in [0.2, 0.25) is 0 Å². The molecule has 0 fully saturated rings. The van der Waals surface area contributed by atoms with Crippen molar-refractivity contribution in [2.45, 2.75) is 40.0 Å². The highest BCUT2D eigenvalue weighted by Gasteiger charge is 2.15. The average molecular weight is 254 g/mol. The van der Waals surface area contributed by atoms with E-state index in [0.717, 1.165) is 11.2 Å². The molecule has 0 radical (unpaired) electrons. The molecule has 100 valence electrons. The van der Waals surface area contributed by atoms with Gasteiger partial charge in [0.05, 0.1) is 0 Å². The van der Waals surface area contributed by atoms with Gasteiger partial charge in [-0.15, -0.1) is 0 Å². The van der Waals surface area contributed by atoms with Crippen LogP contribution in [0, 0.1) is 0 Å². The summed E-state index contributed by atoms with van der Waals surface area (Å²) in [5.74, 6) is 0. The molecule has 0 saturated carbocycles. The average Bonchev–Trinajstić information content (AvgIpc) is 2.77. The zero-order valence-corrected chi connectivity index (χ0v) is 12.4. The maximum absolute atomic E-state index is 5.82. The van der Waals surface area contributed by atoms with E-state index >= 15 is 0 Å². The Morgan fingerprint density at radius 3 is 2.11 bits per heavy atom. The Morgan fingerprint density at radius 2 is 1.42 bits per heavy atom. The van der Waals surface area contributed by atoms with Crippen molar-refractivity contribution in [1.29, 1.82) is 0 Å². The molecule has 0 unspecified atom stereocenters. The fourth-order valence-corrected chi connectivity index (χ4v) is 2.19. The van der Waals surface area contributed by atoms with E-state index in [1.165, 1.54) is 16.3 Å². The van der Waals surface area contributed by atoms with Gasteiger partial charge in [0.25, 0.3) is 0 Å². The summed E-state index contributed by atoms with van der Waals surface area (Å²) in [5.41, 5.74) is 3.45. The Labute approximate surface area is 115 Å². The van der Waals surface area contributed by atoms with E-state index in [-0.39, 0.29) is 5.41 Å². The standard InChI is InChI=1S/C16H16O.C2H6/c1-16(2,3)11-8-9-15-13(10-11)12-6-4-5-7-14(12)17-15;1-2/h4-10H,1-3H3;1-2H3. The van der Waals surface area contributed by atoms with E-state index in [4.69, 9.17) is 4.42 Å².